The van der Waals surface area contributed by atoms with Gasteiger partial charge in [0, 0.05) is 40.7 Å². The van der Waals surface area contributed by atoms with Crippen molar-refractivity contribution in [3.63, 3.8) is 0 Å². The van der Waals surface area contributed by atoms with Crippen LogP contribution in [0, 0.1) is 0 Å². The van der Waals surface area contributed by atoms with Crippen molar-refractivity contribution < 1.29 is 9.36 Å². The number of fused-ring (bicyclic) bond motifs is 3. The van der Waals surface area contributed by atoms with Crippen LogP contribution in [0.1, 0.15) is 54.6 Å². The van der Waals surface area contributed by atoms with Crippen LogP contribution in [0.15, 0.2) is 72.9 Å². The molecule has 2 heteroatoms. The Labute approximate surface area is 161 Å². The molecule has 1 aliphatic rings. The molecule has 1 aromatic heterocycles. The first kappa shape index (κ1) is 17.7. The first-order valence-electron chi connectivity index (χ1n) is 9.91. The van der Waals surface area contributed by atoms with Gasteiger partial charge in [-0.1, -0.05) is 50.2 Å². The van der Waals surface area contributed by atoms with E-state index in [1.807, 2.05) is 36.4 Å². The van der Waals surface area contributed by atoms with Crippen LogP contribution in [0.5, 0.6) is 0 Å². The summed E-state index contributed by atoms with van der Waals surface area (Å²) in [7, 11) is 0. The number of carbonyl (C=O) groups is 1. The number of rotatable bonds is 4. The monoisotopic (exact) mass is 356 g/mol. The first-order valence-corrected chi connectivity index (χ1v) is 9.91. The third-order valence-electron chi connectivity index (χ3n) is 6.29. The van der Waals surface area contributed by atoms with E-state index in [0.717, 1.165) is 36.9 Å². The number of aryl methyl sites for hydroxylation is 1. The quantitative estimate of drug-likeness (QED) is 0.457. The predicted molar refractivity (Wildman–Crippen MR) is 109 cm³/mol. The summed E-state index contributed by atoms with van der Waals surface area (Å²) in [5.41, 5.74) is 5.48. The summed E-state index contributed by atoms with van der Waals surface area (Å²) < 4.78 is 2.35. The van der Waals surface area contributed by atoms with E-state index in [0.29, 0.717) is 0 Å². The third kappa shape index (κ3) is 2.99. The van der Waals surface area contributed by atoms with Gasteiger partial charge in [-0.15, -0.1) is 0 Å². The lowest BCUT2D eigenvalue weighted by atomic mass is 9.71. The average molecular weight is 356 g/mol. The lowest BCUT2D eigenvalue weighted by Gasteiger charge is -2.31. The molecule has 0 spiro atoms. The Bertz CT molecular complexity index is 971. The van der Waals surface area contributed by atoms with Crippen LogP contribution in [-0.2, 0) is 12.0 Å². The van der Waals surface area contributed by atoms with E-state index < -0.39 is 0 Å². The van der Waals surface area contributed by atoms with Gasteiger partial charge in [-0.05, 0) is 36.6 Å². The minimum Gasteiger partial charge on any atom is -0.289 e. The van der Waals surface area contributed by atoms with E-state index in [1.165, 1.54) is 16.8 Å². The van der Waals surface area contributed by atoms with Gasteiger partial charge in [0.25, 0.3) is 0 Å². The third-order valence-corrected chi connectivity index (χ3v) is 6.29. The first-order chi connectivity index (χ1) is 13.2. The highest BCUT2D eigenvalue weighted by atomic mass is 16.1. The summed E-state index contributed by atoms with van der Waals surface area (Å²) in [6.07, 6.45) is 5.42. The van der Waals surface area contributed by atoms with E-state index in [9.17, 15) is 4.79 Å². The molecular weight excluding hydrogens is 330 g/mol. The van der Waals surface area contributed by atoms with Crippen molar-refractivity contribution in [2.24, 2.45) is 0 Å². The second-order valence-electron chi connectivity index (χ2n) is 7.47. The second kappa shape index (κ2) is 7.11. The van der Waals surface area contributed by atoms with E-state index in [1.54, 1.807) is 0 Å². The normalized spacial score (nSPS) is 14.7. The minimum absolute atomic E-state index is 0.102. The summed E-state index contributed by atoms with van der Waals surface area (Å²) in [4.78, 5) is 13.0. The van der Waals surface area contributed by atoms with Crippen molar-refractivity contribution in [1.29, 1.82) is 0 Å². The van der Waals surface area contributed by atoms with Crippen molar-refractivity contribution in [2.45, 2.75) is 45.1 Å². The van der Waals surface area contributed by atoms with E-state index >= 15 is 0 Å². The Morgan fingerprint density at radius 1 is 0.926 bits per heavy atom. The molecule has 136 valence electrons. The second-order valence-corrected chi connectivity index (χ2v) is 7.47. The van der Waals surface area contributed by atoms with Gasteiger partial charge in [0.15, 0.2) is 12.0 Å². The SMILES string of the molecule is CCC1(CC)CC[n+]2ccccc2-c2ccc(C(=O)c3ccccc3)cc21. The smallest absolute Gasteiger partial charge is 0.212 e. The number of pyridine rings is 1. The fourth-order valence-corrected chi connectivity index (χ4v) is 4.47. The molecule has 0 fully saturated rings. The Kier molecular flexibility index (Phi) is 4.65. The van der Waals surface area contributed by atoms with Crippen LogP contribution in [-0.4, -0.2) is 5.78 Å². The van der Waals surface area contributed by atoms with Crippen LogP contribution >= 0.6 is 0 Å². The van der Waals surface area contributed by atoms with Gasteiger partial charge in [-0.25, -0.2) is 0 Å². The number of carbonyl (C=O) groups excluding carboxylic acids is 1. The zero-order chi connectivity index (χ0) is 18.9. The lowest BCUT2D eigenvalue weighted by Crippen LogP contribution is -2.36. The molecule has 0 radical (unpaired) electrons. The highest BCUT2D eigenvalue weighted by Gasteiger charge is 2.37. The maximum Gasteiger partial charge on any atom is 0.212 e. The van der Waals surface area contributed by atoms with E-state index in [2.05, 4.69) is 54.9 Å². The summed E-state index contributed by atoms with van der Waals surface area (Å²) in [5.74, 6) is 0.102. The van der Waals surface area contributed by atoms with Gasteiger partial charge in [0.05, 0.1) is 0 Å². The summed E-state index contributed by atoms with van der Waals surface area (Å²) in [6.45, 7) is 5.56. The van der Waals surface area contributed by atoms with E-state index in [4.69, 9.17) is 0 Å². The average Bonchev–Trinajstić information content (AvgIpc) is 2.88. The van der Waals surface area contributed by atoms with Crippen molar-refractivity contribution >= 4 is 5.78 Å². The van der Waals surface area contributed by atoms with Gasteiger partial charge < -0.3 is 0 Å². The molecule has 0 amide bonds. The highest BCUT2D eigenvalue weighted by molar-refractivity contribution is 6.09. The van der Waals surface area contributed by atoms with Crippen molar-refractivity contribution in [3.05, 3.63) is 89.6 Å². The van der Waals surface area contributed by atoms with Crippen LogP contribution in [0.4, 0.5) is 0 Å². The minimum atomic E-state index is 0.102. The Morgan fingerprint density at radius 2 is 1.67 bits per heavy atom. The predicted octanol–water partition coefficient (Wildman–Crippen LogP) is 5.33. The Morgan fingerprint density at radius 3 is 2.41 bits per heavy atom. The van der Waals surface area contributed by atoms with Crippen molar-refractivity contribution in [1.82, 2.24) is 0 Å². The molecule has 0 atom stereocenters. The lowest BCUT2D eigenvalue weighted by molar-refractivity contribution is -0.687. The molecule has 2 nitrogen and oxygen atoms in total. The van der Waals surface area contributed by atoms with Crippen LogP contribution in [0.3, 0.4) is 0 Å². The molecule has 0 bridgehead atoms. The fourth-order valence-electron chi connectivity index (χ4n) is 4.47. The Hall–Kier alpha value is -2.74. The molecule has 1 aliphatic heterocycles. The zero-order valence-electron chi connectivity index (χ0n) is 16.1. The number of aromatic nitrogens is 1. The summed E-state index contributed by atoms with van der Waals surface area (Å²) >= 11 is 0. The van der Waals surface area contributed by atoms with Crippen LogP contribution in [0.2, 0.25) is 0 Å². The highest BCUT2D eigenvalue weighted by Crippen LogP contribution is 2.42. The zero-order valence-corrected chi connectivity index (χ0v) is 16.1. The maximum absolute atomic E-state index is 13.0. The van der Waals surface area contributed by atoms with Crippen LogP contribution in [0.25, 0.3) is 11.3 Å². The molecule has 0 N–H and O–H groups in total. The van der Waals surface area contributed by atoms with Gasteiger partial charge in [0.1, 0.15) is 6.54 Å². The molecule has 0 unspecified atom stereocenters. The standard InChI is InChI=1S/C25H26NO/c1-3-25(4-2)15-17-26-16-9-8-12-23(26)21-14-13-20(18-22(21)25)24(27)19-10-6-5-7-11-19/h5-14,16,18H,3-4,15,17H2,1-2H3/q+1. The van der Waals surface area contributed by atoms with Gasteiger partial charge in [-0.2, -0.15) is 4.57 Å². The Balaban J connectivity index is 1.90. The largest absolute Gasteiger partial charge is 0.289 e. The topological polar surface area (TPSA) is 20.9 Å². The molecule has 0 aliphatic carbocycles. The number of ketones is 1. The fraction of sp³-hybridized carbons (Fsp3) is 0.280. The number of nitrogens with zero attached hydrogens (tertiary/aromatic N) is 1. The number of hydrogen-bond acceptors (Lipinski definition) is 1. The van der Waals surface area contributed by atoms with Crippen molar-refractivity contribution in [3.8, 4) is 11.3 Å². The van der Waals surface area contributed by atoms with Gasteiger partial charge >= 0.3 is 0 Å². The number of benzene rings is 2. The van der Waals surface area contributed by atoms with Crippen LogP contribution < -0.4 is 4.57 Å². The molecular formula is C25H26NO+. The van der Waals surface area contributed by atoms with E-state index in [-0.39, 0.29) is 11.2 Å². The molecule has 3 aromatic rings. The molecule has 27 heavy (non-hydrogen) atoms. The molecule has 2 aromatic carbocycles. The van der Waals surface area contributed by atoms with Crippen molar-refractivity contribution in [2.75, 3.05) is 0 Å². The molecule has 4 rings (SSSR count). The molecule has 0 saturated heterocycles. The molecule has 0 saturated carbocycles. The number of hydrogen-bond donors (Lipinski definition) is 0. The van der Waals surface area contributed by atoms with Gasteiger partial charge in [0.2, 0.25) is 5.69 Å². The summed E-state index contributed by atoms with van der Waals surface area (Å²) in [5, 5.41) is 0. The maximum atomic E-state index is 13.0. The summed E-state index contributed by atoms with van der Waals surface area (Å²) in [6, 6.07) is 22.3. The van der Waals surface area contributed by atoms with Gasteiger partial charge in [-0.3, -0.25) is 4.79 Å². The molecule has 2 heterocycles.